The number of hydrogen-bond donors (Lipinski definition) is 0. The summed E-state index contributed by atoms with van der Waals surface area (Å²) in [5.41, 5.74) is 0. The summed E-state index contributed by atoms with van der Waals surface area (Å²) >= 11 is 0. The van der Waals surface area contributed by atoms with Gasteiger partial charge in [0, 0.05) is 13.0 Å². The number of hydrogen-bond acceptors (Lipinski definition) is 5. The topological polar surface area (TPSA) is 66.0 Å². The van der Waals surface area contributed by atoms with Crippen LogP contribution in [0.4, 0.5) is 0 Å². The van der Waals surface area contributed by atoms with Crippen molar-refractivity contribution >= 4 is 0 Å². The van der Waals surface area contributed by atoms with Crippen LogP contribution in [-0.2, 0) is 19.6 Å². The summed E-state index contributed by atoms with van der Waals surface area (Å²) in [6, 6.07) is 0. The lowest BCUT2D eigenvalue weighted by molar-refractivity contribution is 0.259. The summed E-state index contributed by atoms with van der Waals surface area (Å²) in [6.45, 7) is 5.24. The molecule has 0 amide bonds. The average molecular weight is 236 g/mol. The summed E-state index contributed by atoms with van der Waals surface area (Å²) in [5.74, 6) is 1.84. The van der Waals surface area contributed by atoms with E-state index in [1.165, 1.54) is 0 Å². The van der Waals surface area contributed by atoms with E-state index in [4.69, 9.17) is 9.15 Å². The van der Waals surface area contributed by atoms with Crippen molar-refractivity contribution in [3.05, 3.63) is 24.2 Å². The first kappa shape index (κ1) is 11.6. The quantitative estimate of drug-likeness (QED) is 0.765. The lowest BCUT2D eigenvalue weighted by Crippen LogP contribution is -1.96. The lowest BCUT2D eigenvalue weighted by Gasteiger charge is -1.98. The molecule has 0 saturated carbocycles. The molecule has 0 aromatic carbocycles. The first-order chi connectivity index (χ1) is 8.31. The normalized spacial score (nSPS) is 10.7. The monoisotopic (exact) mass is 236 g/mol. The number of rotatable bonds is 6. The molecule has 2 aromatic rings. The summed E-state index contributed by atoms with van der Waals surface area (Å²) < 4.78 is 12.7. The Morgan fingerprint density at radius 3 is 2.82 bits per heavy atom. The van der Waals surface area contributed by atoms with Gasteiger partial charge in [-0.1, -0.05) is 13.8 Å². The van der Waals surface area contributed by atoms with Gasteiger partial charge in [-0.15, -0.1) is 10.2 Å². The summed E-state index contributed by atoms with van der Waals surface area (Å²) in [4.78, 5) is 0. The molecular weight excluding hydrogens is 220 g/mol. The maximum Gasteiger partial charge on any atom is 0.253 e. The van der Waals surface area contributed by atoms with Gasteiger partial charge in [0.15, 0.2) is 12.4 Å². The van der Waals surface area contributed by atoms with Crippen LogP contribution in [0, 0.1) is 0 Å². The van der Waals surface area contributed by atoms with E-state index in [1.54, 1.807) is 6.20 Å². The third-order valence-corrected chi connectivity index (χ3v) is 2.24. The summed E-state index contributed by atoms with van der Waals surface area (Å²) in [7, 11) is 0. The van der Waals surface area contributed by atoms with Crippen LogP contribution in [0.25, 0.3) is 0 Å². The third-order valence-electron chi connectivity index (χ3n) is 2.24. The molecule has 0 unspecified atom stereocenters. The second-order valence-electron chi connectivity index (χ2n) is 3.67. The molecule has 0 aliphatic heterocycles. The van der Waals surface area contributed by atoms with Crippen LogP contribution >= 0.6 is 0 Å². The van der Waals surface area contributed by atoms with Crippen molar-refractivity contribution in [2.45, 2.75) is 39.8 Å². The number of aryl methyl sites for hydroxylation is 2. The molecule has 6 heteroatoms. The fourth-order valence-electron chi connectivity index (χ4n) is 1.41. The van der Waals surface area contributed by atoms with Crippen molar-refractivity contribution in [1.82, 2.24) is 20.0 Å². The van der Waals surface area contributed by atoms with E-state index >= 15 is 0 Å². The molecule has 0 atom stereocenters. The van der Waals surface area contributed by atoms with Crippen molar-refractivity contribution in [3.8, 4) is 5.75 Å². The molecule has 0 aliphatic rings. The van der Waals surface area contributed by atoms with E-state index in [1.807, 2.05) is 17.8 Å². The largest absolute Gasteiger partial charge is 0.481 e. The fraction of sp³-hybridized carbons (Fsp3) is 0.545. The van der Waals surface area contributed by atoms with E-state index in [9.17, 15) is 0 Å². The van der Waals surface area contributed by atoms with Gasteiger partial charge >= 0.3 is 0 Å². The Bertz CT molecular complexity index is 463. The van der Waals surface area contributed by atoms with Gasteiger partial charge in [0.2, 0.25) is 5.89 Å². The maximum absolute atomic E-state index is 5.50. The van der Waals surface area contributed by atoms with Crippen LogP contribution in [0.3, 0.4) is 0 Å². The van der Waals surface area contributed by atoms with Crippen molar-refractivity contribution < 1.29 is 9.15 Å². The SMILES string of the molecule is CCCn1cc(OCc2nnc(CC)o2)cn1. The molecule has 6 nitrogen and oxygen atoms in total. The van der Waals surface area contributed by atoms with Gasteiger partial charge in [-0.3, -0.25) is 4.68 Å². The second-order valence-corrected chi connectivity index (χ2v) is 3.67. The molecule has 17 heavy (non-hydrogen) atoms. The van der Waals surface area contributed by atoms with Crippen molar-refractivity contribution in [1.29, 1.82) is 0 Å². The van der Waals surface area contributed by atoms with Gasteiger partial charge in [0.1, 0.15) is 0 Å². The predicted octanol–water partition coefficient (Wildman–Crippen LogP) is 1.82. The highest BCUT2D eigenvalue weighted by molar-refractivity contribution is 5.11. The Labute approximate surface area is 99.6 Å². The van der Waals surface area contributed by atoms with Gasteiger partial charge in [0.05, 0.1) is 12.4 Å². The zero-order chi connectivity index (χ0) is 12.1. The van der Waals surface area contributed by atoms with Crippen LogP contribution in [0.15, 0.2) is 16.8 Å². The minimum atomic E-state index is 0.283. The van der Waals surface area contributed by atoms with Crippen LogP contribution < -0.4 is 4.74 Å². The highest BCUT2D eigenvalue weighted by Crippen LogP contribution is 2.11. The Hall–Kier alpha value is -1.85. The Morgan fingerprint density at radius 1 is 1.29 bits per heavy atom. The molecule has 0 N–H and O–H groups in total. The standard InChI is InChI=1S/C11H16N4O2/c1-3-5-15-7-9(6-12-15)16-8-11-14-13-10(4-2)17-11/h6-7H,3-5,8H2,1-2H3. The number of aromatic nitrogens is 4. The van der Waals surface area contributed by atoms with Crippen LogP contribution in [-0.4, -0.2) is 20.0 Å². The van der Waals surface area contributed by atoms with Gasteiger partial charge in [-0.2, -0.15) is 5.10 Å². The first-order valence-electron chi connectivity index (χ1n) is 5.78. The van der Waals surface area contributed by atoms with E-state index in [0.717, 1.165) is 25.1 Å². The Morgan fingerprint density at radius 2 is 2.12 bits per heavy atom. The molecular formula is C11H16N4O2. The summed E-state index contributed by atoms with van der Waals surface area (Å²) in [6.07, 6.45) is 5.33. The molecule has 0 aliphatic carbocycles. The van der Waals surface area contributed by atoms with Crippen LogP contribution in [0.1, 0.15) is 32.0 Å². The van der Waals surface area contributed by atoms with E-state index in [-0.39, 0.29) is 6.61 Å². The van der Waals surface area contributed by atoms with E-state index in [0.29, 0.717) is 11.8 Å². The molecule has 0 spiro atoms. The van der Waals surface area contributed by atoms with Crippen molar-refractivity contribution in [2.75, 3.05) is 0 Å². The molecule has 0 fully saturated rings. The van der Waals surface area contributed by atoms with Crippen molar-refractivity contribution in [2.24, 2.45) is 0 Å². The van der Waals surface area contributed by atoms with Crippen LogP contribution in [0.2, 0.25) is 0 Å². The van der Waals surface area contributed by atoms with E-state index in [2.05, 4.69) is 22.2 Å². The zero-order valence-corrected chi connectivity index (χ0v) is 10.1. The Balaban J connectivity index is 1.88. The minimum absolute atomic E-state index is 0.283. The average Bonchev–Trinajstić information content (AvgIpc) is 2.95. The minimum Gasteiger partial charge on any atom is -0.481 e. The molecule has 0 radical (unpaired) electrons. The van der Waals surface area contributed by atoms with E-state index < -0.39 is 0 Å². The zero-order valence-electron chi connectivity index (χ0n) is 10.1. The fourth-order valence-corrected chi connectivity index (χ4v) is 1.41. The number of nitrogens with zero attached hydrogens (tertiary/aromatic N) is 4. The van der Waals surface area contributed by atoms with Gasteiger partial charge in [-0.05, 0) is 6.42 Å². The molecule has 92 valence electrons. The predicted molar refractivity (Wildman–Crippen MR) is 60.5 cm³/mol. The first-order valence-corrected chi connectivity index (χ1v) is 5.78. The van der Waals surface area contributed by atoms with Gasteiger partial charge < -0.3 is 9.15 Å². The van der Waals surface area contributed by atoms with Crippen LogP contribution in [0.5, 0.6) is 5.75 Å². The molecule has 2 aromatic heterocycles. The maximum atomic E-state index is 5.50. The third kappa shape index (κ3) is 3.05. The molecule has 2 rings (SSSR count). The summed E-state index contributed by atoms with van der Waals surface area (Å²) in [5, 5.41) is 11.9. The van der Waals surface area contributed by atoms with Gasteiger partial charge in [-0.25, -0.2) is 0 Å². The smallest absolute Gasteiger partial charge is 0.253 e. The molecule has 0 saturated heterocycles. The number of ether oxygens (including phenoxy) is 1. The highest BCUT2D eigenvalue weighted by atomic mass is 16.5. The lowest BCUT2D eigenvalue weighted by atomic mass is 10.5. The second kappa shape index (κ2) is 5.47. The molecule has 0 bridgehead atoms. The Kier molecular flexibility index (Phi) is 3.74. The highest BCUT2D eigenvalue weighted by Gasteiger charge is 2.06. The van der Waals surface area contributed by atoms with Gasteiger partial charge in [0.25, 0.3) is 5.89 Å². The van der Waals surface area contributed by atoms with Crippen molar-refractivity contribution in [3.63, 3.8) is 0 Å². The molecule has 2 heterocycles.